The van der Waals surface area contributed by atoms with Crippen LogP contribution in [0.3, 0.4) is 0 Å². The summed E-state index contributed by atoms with van der Waals surface area (Å²) in [5.41, 5.74) is 2.27. The van der Waals surface area contributed by atoms with E-state index in [4.69, 9.17) is 0 Å². The van der Waals surface area contributed by atoms with Crippen LogP contribution in [0.4, 0.5) is 0 Å². The van der Waals surface area contributed by atoms with Gasteiger partial charge >= 0.3 is 0 Å². The van der Waals surface area contributed by atoms with Crippen LogP contribution in [0.5, 0.6) is 0 Å². The van der Waals surface area contributed by atoms with E-state index in [-0.39, 0.29) is 23.8 Å². The van der Waals surface area contributed by atoms with E-state index in [0.717, 1.165) is 41.9 Å². The maximum atomic E-state index is 12.7. The van der Waals surface area contributed by atoms with Crippen molar-refractivity contribution in [2.24, 2.45) is 28.3 Å². The Morgan fingerprint density at radius 2 is 1.88 bits per heavy atom. The highest BCUT2D eigenvalue weighted by atomic mass is 32.1. The Morgan fingerprint density at radius 3 is 2.46 bits per heavy atom. The summed E-state index contributed by atoms with van der Waals surface area (Å²) in [5, 5.41) is 8.73. The third kappa shape index (κ3) is 3.11. The van der Waals surface area contributed by atoms with Crippen molar-refractivity contribution in [3.63, 3.8) is 0 Å². The maximum Gasteiger partial charge on any atom is 0.259 e. The van der Waals surface area contributed by atoms with Gasteiger partial charge in [-0.1, -0.05) is 6.07 Å². The van der Waals surface area contributed by atoms with Gasteiger partial charge in [-0.05, 0) is 67.7 Å². The predicted octanol–water partition coefficient (Wildman–Crippen LogP) is 2.53. The molecule has 1 heterocycles. The highest BCUT2D eigenvalue weighted by Crippen LogP contribution is 2.60. The molecule has 4 saturated carbocycles. The first-order chi connectivity index (χ1) is 11.6. The molecule has 1 aromatic heterocycles. The zero-order valence-electron chi connectivity index (χ0n) is 13.7. The summed E-state index contributed by atoms with van der Waals surface area (Å²) in [6.07, 6.45) is 8.60. The molecule has 24 heavy (non-hydrogen) atoms. The Bertz CT molecular complexity index is 618. The molecule has 0 radical (unpaired) electrons. The van der Waals surface area contributed by atoms with Gasteiger partial charge < -0.3 is 5.32 Å². The highest BCUT2D eigenvalue weighted by Gasteiger charge is 2.54. The van der Waals surface area contributed by atoms with Crippen LogP contribution in [-0.2, 0) is 9.59 Å². The van der Waals surface area contributed by atoms with Crippen molar-refractivity contribution in [3.8, 4) is 0 Å². The molecular formula is C18H23N3O2S. The average molecular weight is 345 g/mol. The Balaban J connectivity index is 1.28. The Labute approximate surface area is 145 Å². The van der Waals surface area contributed by atoms with Gasteiger partial charge in [0.15, 0.2) is 0 Å². The fraction of sp³-hybridized carbons (Fsp3) is 0.611. The van der Waals surface area contributed by atoms with Gasteiger partial charge in [-0.3, -0.25) is 9.59 Å². The number of carbonyl (C=O) groups is 2. The van der Waals surface area contributed by atoms with Gasteiger partial charge in [0.2, 0.25) is 5.91 Å². The molecule has 4 aliphatic carbocycles. The fourth-order valence-electron chi connectivity index (χ4n) is 5.31. The number of carbonyl (C=O) groups excluding carboxylic acids is 2. The van der Waals surface area contributed by atoms with Gasteiger partial charge in [-0.2, -0.15) is 5.10 Å². The van der Waals surface area contributed by atoms with Crippen LogP contribution in [0.1, 0.15) is 43.4 Å². The van der Waals surface area contributed by atoms with Gasteiger partial charge in [0.05, 0.1) is 12.8 Å². The van der Waals surface area contributed by atoms with Gasteiger partial charge in [0.1, 0.15) is 0 Å². The summed E-state index contributed by atoms with van der Waals surface area (Å²) in [7, 11) is 0. The summed E-state index contributed by atoms with van der Waals surface area (Å²) in [6, 6.07) is 3.86. The summed E-state index contributed by atoms with van der Waals surface area (Å²) >= 11 is 1.55. The Morgan fingerprint density at radius 1 is 1.21 bits per heavy atom. The maximum absolute atomic E-state index is 12.7. The number of nitrogens with one attached hydrogen (secondary N) is 2. The van der Waals surface area contributed by atoms with Crippen LogP contribution in [0.15, 0.2) is 22.6 Å². The highest BCUT2D eigenvalue weighted by molar-refractivity contribution is 7.11. The molecular weight excluding hydrogens is 322 g/mol. The third-order valence-corrected chi connectivity index (χ3v) is 6.66. The number of hydrogen-bond acceptors (Lipinski definition) is 4. The van der Waals surface area contributed by atoms with Gasteiger partial charge in [0.25, 0.3) is 5.91 Å². The van der Waals surface area contributed by atoms with Gasteiger partial charge in [-0.25, -0.2) is 5.43 Å². The molecule has 2 amide bonds. The molecule has 0 aromatic carbocycles. The van der Waals surface area contributed by atoms with Crippen molar-refractivity contribution >= 4 is 29.4 Å². The minimum Gasteiger partial charge on any atom is -0.346 e. The topological polar surface area (TPSA) is 70.6 Å². The number of nitrogens with zero attached hydrogens (tertiary/aromatic N) is 1. The van der Waals surface area contributed by atoms with Gasteiger partial charge in [0, 0.05) is 10.3 Å². The minimum absolute atomic E-state index is 0.00235. The van der Waals surface area contributed by atoms with Crippen molar-refractivity contribution < 1.29 is 9.59 Å². The molecule has 5 rings (SSSR count). The van der Waals surface area contributed by atoms with Crippen LogP contribution in [-0.4, -0.2) is 24.6 Å². The molecule has 0 atom stereocenters. The zero-order valence-corrected chi connectivity index (χ0v) is 14.5. The predicted molar refractivity (Wildman–Crippen MR) is 93.7 cm³/mol. The van der Waals surface area contributed by atoms with Crippen LogP contribution in [0, 0.1) is 23.2 Å². The lowest BCUT2D eigenvalue weighted by molar-refractivity contribution is -0.147. The van der Waals surface area contributed by atoms with E-state index in [9.17, 15) is 9.59 Å². The lowest BCUT2D eigenvalue weighted by Crippen LogP contribution is -2.54. The van der Waals surface area contributed by atoms with Crippen LogP contribution in [0.2, 0.25) is 0 Å². The summed E-state index contributed by atoms with van der Waals surface area (Å²) in [5.74, 6) is 1.99. The van der Waals surface area contributed by atoms with E-state index in [2.05, 4.69) is 15.8 Å². The van der Waals surface area contributed by atoms with Crippen molar-refractivity contribution in [3.05, 3.63) is 22.4 Å². The van der Waals surface area contributed by atoms with E-state index >= 15 is 0 Å². The second kappa shape index (κ2) is 6.31. The van der Waals surface area contributed by atoms with E-state index in [1.54, 1.807) is 17.6 Å². The molecule has 4 aliphatic rings. The second-order valence-electron chi connectivity index (χ2n) is 7.69. The van der Waals surface area contributed by atoms with Crippen molar-refractivity contribution in [1.29, 1.82) is 0 Å². The second-order valence-corrected chi connectivity index (χ2v) is 8.67. The van der Waals surface area contributed by atoms with Crippen LogP contribution < -0.4 is 10.7 Å². The number of thiophene rings is 1. The molecule has 0 spiro atoms. The molecule has 0 aliphatic heterocycles. The van der Waals surface area contributed by atoms with Crippen molar-refractivity contribution in [2.75, 3.05) is 6.54 Å². The minimum atomic E-state index is -0.277. The van der Waals surface area contributed by atoms with E-state index in [0.29, 0.717) is 0 Å². The zero-order chi connectivity index (χ0) is 16.6. The number of hydrogen-bond donors (Lipinski definition) is 2. The summed E-state index contributed by atoms with van der Waals surface area (Å²) < 4.78 is 0. The summed E-state index contributed by atoms with van der Waals surface area (Å²) in [6.45, 7) is 0.00235. The molecule has 128 valence electrons. The SMILES string of the molecule is O=C(CNC(=O)C12CC3CC(CC(C3)C1)C2)NN=Cc1cccs1. The Hall–Kier alpha value is -1.69. The normalized spacial score (nSPS) is 33.8. The average Bonchev–Trinajstić information content (AvgIpc) is 3.04. The smallest absolute Gasteiger partial charge is 0.259 e. The molecule has 0 saturated heterocycles. The van der Waals surface area contributed by atoms with E-state index in [1.165, 1.54) is 19.3 Å². The lowest BCUT2D eigenvalue weighted by Gasteiger charge is -2.55. The lowest BCUT2D eigenvalue weighted by atomic mass is 9.49. The Kier molecular flexibility index (Phi) is 4.16. The van der Waals surface area contributed by atoms with E-state index in [1.807, 2.05) is 17.5 Å². The first kappa shape index (κ1) is 15.8. The standard InChI is InChI=1S/C18H23N3O2S/c22-16(21-20-10-15-2-1-3-24-15)11-19-17(23)18-7-12-4-13(8-18)6-14(5-12)9-18/h1-3,10,12-14H,4-9,11H2,(H,19,23)(H,21,22). The first-order valence-electron chi connectivity index (χ1n) is 8.77. The quantitative estimate of drug-likeness (QED) is 0.636. The fourth-order valence-corrected chi connectivity index (χ4v) is 5.89. The number of rotatable bonds is 5. The van der Waals surface area contributed by atoms with Crippen molar-refractivity contribution in [1.82, 2.24) is 10.7 Å². The molecule has 0 unspecified atom stereocenters. The molecule has 1 aromatic rings. The monoisotopic (exact) mass is 345 g/mol. The number of amides is 2. The number of hydrazone groups is 1. The van der Waals surface area contributed by atoms with E-state index < -0.39 is 0 Å². The van der Waals surface area contributed by atoms with Crippen molar-refractivity contribution in [2.45, 2.75) is 38.5 Å². The van der Waals surface area contributed by atoms with Crippen LogP contribution >= 0.6 is 11.3 Å². The van der Waals surface area contributed by atoms with Crippen LogP contribution in [0.25, 0.3) is 0 Å². The third-order valence-electron chi connectivity index (χ3n) is 5.85. The molecule has 2 N–H and O–H groups in total. The summed E-state index contributed by atoms with van der Waals surface area (Å²) in [4.78, 5) is 25.6. The largest absolute Gasteiger partial charge is 0.346 e. The first-order valence-corrected chi connectivity index (χ1v) is 9.65. The molecule has 6 heteroatoms. The molecule has 4 bridgehead atoms. The molecule has 4 fully saturated rings. The molecule has 5 nitrogen and oxygen atoms in total. The van der Waals surface area contributed by atoms with Gasteiger partial charge in [-0.15, -0.1) is 11.3 Å².